The first-order valence-corrected chi connectivity index (χ1v) is 5.32. The molecule has 2 rings (SSSR count). The Labute approximate surface area is 98.7 Å². The summed E-state index contributed by atoms with van der Waals surface area (Å²) in [5.74, 6) is -1.03. The molecule has 86 valence electrons. The van der Waals surface area contributed by atoms with Crippen LogP contribution in [0.5, 0.6) is 0 Å². The highest BCUT2D eigenvalue weighted by Crippen LogP contribution is 2.21. The third-order valence-corrected chi connectivity index (χ3v) is 2.64. The predicted octanol–water partition coefficient (Wildman–Crippen LogP) is 2.67. The zero-order chi connectivity index (χ0) is 12.4. The van der Waals surface area contributed by atoms with E-state index in [0.717, 1.165) is 10.8 Å². The minimum Gasteiger partial charge on any atom is -0.478 e. The van der Waals surface area contributed by atoms with Crippen molar-refractivity contribution in [3.05, 3.63) is 47.5 Å². The molecule has 0 bridgehead atoms. The molecule has 0 atom stereocenters. The van der Waals surface area contributed by atoms with Crippen molar-refractivity contribution in [3.63, 3.8) is 0 Å². The summed E-state index contributed by atoms with van der Waals surface area (Å²) in [6.07, 6.45) is 0.159. The van der Waals surface area contributed by atoms with E-state index in [0.29, 0.717) is 5.56 Å². The molecule has 0 radical (unpaired) electrons. The molecular weight excluding hydrogens is 216 g/mol. The first kappa shape index (κ1) is 11.3. The van der Waals surface area contributed by atoms with Crippen molar-refractivity contribution >= 4 is 22.5 Å². The minimum absolute atomic E-state index is 0.0391. The van der Waals surface area contributed by atoms with Crippen LogP contribution in [0.15, 0.2) is 36.4 Å². The van der Waals surface area contributed by atoms with E-state index in [-0.39, 0.29) is 17.8 Å². The molecule has 0 saturated heterocycles. The van der Waals surface area contributed by atoms with Gasteiger partial charge in [-0.1, -0.05) is 24.3 Å². The predicted molar refractivity (Wildman–Crippen MR) is 65.3 cm³/mol. The van der Waals surface area contributed by atoms with Gasteiger partial charge in [-0.05, 0) is 35.4 Å². The summed E-state index contributed by atoms with van der Waals surface area (Å²) < 4.78 is 0. The van der Waals surface area contributed by atoms with Crippen LogP contribution in [0.4, 0.5) is 0 Å². The number of ketones is 1. The molecule has 0 heterocycles. The fraction of sp³-hybridized carbons (Fsp3) is 0.143. The molecule has 2 aromatic carbocycles. The van der Waals surface area contributed by atoms with Gasteiger partial charge in [-0.15, -0.1) is 0 Å². The summed E-state index contributed by atoms with van der Waals surface area (Å²) in [6.45, 7) is 1.46. The molecule has 0 aliphatic heterocycles. The summed E-state index contributed by atoms with van der Waals surface area (Å²) >= 11 is 0. The first-order chi connectivity index (χ1) is 8.08. The number of aromatic carboxylic acids is 1. The third-order valence-electron chi connectivity index (χ3n) is 2.64. The molecule has 0 amide bonds. The van der Waals surface area contributed by atoms with Crippen molar-refractivity contribution < 1.29 is 14.7 Å². The average molecular weight is 228 g/mol. The van der Waals surface area contributed by atoms with Gasteiger partial charge in [0.25, 0.3) is 0 Å². The van der Waals surface area contributed by atoms with Gasteiger partial charge in [0.15, 0.2) is 0 Å². The van der Waals surface area contributed by atoms with Gasteiger partial charge in [-0.2, -0.15) is 0 Å². The Morgan fingerprint density at radius 2 is 1.71 bits per heavy atom. The second-order valence-corrected chi connectivity index (χ2v) is 4.04. The number of carboxylic acid groups (broad SMARTS) is 1. The lowest BCUT2D eigenvalue weighted by molar-refractivity contribution is -0.116. The Hall–Kier alpha value is -2.16. The Morgan fingerprint density at radius 3 is 2.24 bits per heavy atom. The molecule has 0 saturated carbocycles. The first-order valence-electron chi connectivity index (χ1n) is 5.32. The Kier molecular flexibility index (Phi) is 2.91. The monoisotopic (exact) mass is 228 g/mol. The van der Waals surface area contributed by atoms with Crippen LogP contribution in [0.25, 0.3) is 10.8 Å². The maximum Gasteiger partial charge on any atom is 0.335 e. The standard InChI is InChI=1S/C14H12O3/c1-9(15)6-12-7-10-4-2-3-5-11(10)8-13(12)14(16)17/h2-5,7-8H,6H2,1H3,(H,16,17). The quantitative estimate of drug-likeness (QED) is 0.878. The van der Waals surface area contributed by atoms with Crippen molar-refractivity contribution in [2.45, 2.75) is 13.3 Å². The Morgan fingerprint density at radius 1 is 1.12 bits per heavy atom. The largest absolute Gasteiger partial charge is 0.478 e. The topological polar surface area (TPSA) is 54.4 Å². The summed E-state index contributed by atoms with van der Waals surface area (Å²) in [6, 6.07) is 10.9. The van der Waals surface area contributed by atoms with Gasteiger partial charge < -0.3 is 5.11 Å². The van der Waals surface area contributed by atoms with Gasteiger partial charge >= 0.3 is 5.97 Å². The second kappa shape index (κ2) is 4.37. The van der Waals surface area contributed by atoms with E-state index in [1.807, 2.05) is 24.3 Å². The smallest absolute Gasteiger partial charge is 0.335 e. The van der Waals surface area contributed by atoms with Crippen LogP contribution in [0.1, 0.15) is 22.8 Å². The minimum atomic E-state index is -0.994. The zero-order valence-electron chi connectivity index (χ0n) is 9.43. The highest BCUT2D eigenvalue weighted by atomic mass is 16.4. The van der Waals surface area contributed by atoms with Crippen LogP contribution in [-0.4, -0.2) is 16.9 Å². The lowest BCUT2D eigenvalue weighted by Crippen LogP contribution is -2.06. The number of hydrogen-bond acceptors (Lipinski definition) is 2. The number of benzene rings is 2. The van der Waals surface area contributed by atoms with Crippen LogP contribution < -0.4 is 0 Å². The van der Waals surface area contributed by atoms with E-state index < -0.39 is 5.97 Å². The Bertz CT molecular complexity index is 599. The van der Waals surface area contributed by atoms with Gasteiger partial charge in [0.1, 0.15) is 5.78 Å². The van der Waals surface area contributed by atoms with E-state index in [1.165, 1.54) is 6.92 Å². The van der Waals surface area contributed by atoms with Gasteiger partial charge in [0.05, 0.1) is 5.56 Å². The number of hydrogen-bond donors (Lipinski definition) is 1. The van der Waals surface area contributed by atoms with Crippen molar-refractivity contribution in [1.29, 1.82) is 0 Å². The number of Topliss-reactive ketones (excluding diaryl/α,β-unsaturated/α-hetero) is 1. The van der Waals surface area contributed by atoms with E-state index >= 15 is 0 Å². The lowest BCUT2D eigenvalue weighted by Gasteiger charge is -2.06. The van der Waals surface area contributed by atoms with Crippen molar-refractivity contribution in [3.8, 4) is 0 Å². The van der Waals surface area contributed by atoms with Gasteiger partial charge in [-0.3, -0.25) is 4.79 Å². The number of rotatable bonds is 3. The number of carbonyl (C=O) groups excluding carboxylic acids is 1. The van der Waals surface area contributed by atoms with Gasteiger partial charge in [0.2, 0.25) is 0 Å². The van der Waals surface area contributed by atoms with E-state index in [1.54, 1.807) is 12.1 Å². The van der Waals surface area contributed by atoms with Crippen LogP contribution >= 0.6 is 0 Å². The van der Waals surface area contributed by atoms with Crippen molar-refractivity contribution in [1.82, 2.24) is 0 Å². The molecule has 3 nitrogen and oxygen atoms in total. The van der Waals surface area contributed by atoms with Gasteiger partial charge in [0, 0.05) is 6.42 Å². The molecule has 17 heavy (non-hydrogen) atoms. The summed E-state index contributed by atoms with van der Waals surface area (Å²) in [7, 11) is 0. The molecule has 0 aliphatic rings. The fourth-order valence-electron chi connectivity index (χ4n) is 1.90. The summed E-state index contributed by atoms with van der Waals surface area (Å²) in [5, 5.41) is 11.0. The molecule has 2 aromatic rings. The van der Waals surface area contributed by atoms with Crippen molar-refractivity contribution in [2.75, 3.05) is 0 Å². The van der Waals surface area contributed by atoms with Crippen LogP contribution in [-0.2, 0) is 11.2 Å². The van der Waals surface area contributed by atoms with E-state index in [2.05, 4.69) is 0 Å². The van der Waals surface area contributed by atoms with Crippen molar-refractivity contribution in [2.24, 2.45) is 0 Å². The normalized spacial score (nSPS) is 10.4. The highest BCUT2D eigenvalue weighted by molar-refractivity contribution is 5.97. The summed E-state index contributed by atoms with van der Waals surface area (Å²) in [5.41, 5.74) is 0.780. The number of fused-ring (bicyclic) bond motifs is 1. The second-order valence-electron chi connectivity index (χ2n) is 4.04. The Balaban J connectivity index is 2.66. The van der Waals surface area contributed by atoms with E-state index in [9.17, 15) is 9.59 Å². The zero-order valence-corrected chi connectivity index (χ0v) is 9.43. The molecule has 0 fully saturated rings. The molecule has 3 heteroatoms. The molecule has 0 spiro atoms. The molecule has 0 unspecified atom stereocenters. The molecule has 1 N–H and O–H groups in total. The number of carboxylic acids is 1. The molecular formula is C14H12O3. The third kappa shape index (κ3) is 2.33. The van der Waals surface area contributed by atoms with Gasteiger partial charge in [-0.25, -0.2) is 4.79 Å². The molecule has 0 aromatic heterocycles. The van der Waals surface area contributed by atoms with E-state index in [4.69, 9.17) is 5.11 Å². The average Bonchev–Trinajstić information content (AvgIpc) is 2.27. The van der Waals surface area contributed by atoms with Crippen LogP contribution in [0.2, 0.25) is 0 Å². The maximum atomic E-state index is 11.1. The SMILES string of the molecule is CC(=O)Cc1cc2ccccc2cc1C(=O)O. The maximum absolute atomic E-state index is 11.1. The summed E-state index contributed by atoms with van der Waals surface area (Å²) in [4.78, 5) is 22.3. The van der Waals surface area contributed by atoms with Crippen LogP contribution in [0, 0.1) is 0 Å². The highest BCUT2D eigenvalue weighted by Gasteiger charge is 2.12. The molecule has 0 aliphatic carbocycles. The fourth-order valence-corrected chi connectivity index (χ4v) is 1.90. The number of carbonyl (C=O) groups is 2. The van der Waals surface area contributed by atoms with Crippen LogP contribution in [0.3, 0.4) is 0 Å². The lowest BCUT2D eigenvalue weighted by atomic mass is 9.98.